The molecule has 2 aromatic carbocycles. The Hall–Kier alpha value is -3.42. The van der Waals surface area contributed by atoms with Gasteiger partial charge in [0.2, 0.25) is 0 Å². The largest absolute Gasteiger partial charge is 0.867 e. The van der Waals surface area contributed by atoms with Crippen LogP contribution in [0.25, 0.3) is 0 Å². The molecule has 0 spiro atoms. The van der Waals surface area contributed by atoms with E-state index in [9.17, 15) is 20.0 Å². The maximum Gasteiger partial charge on any atom is 0.277 e. The van der Waals surface area contributed by atoms with E-state index in [0.717, 1.165) is 23.4 Å². The summed E-state index contributed by atoms with van der Waals surface area (Å²) in [4.78, 5) is 21.7. The summed E-state index contributed by atoms with van der Waals surface area (Å²) in [6, 6.07) is 9.48. The van der Waals surface area contributed by atoms with Crippen molar-refractivity contribution < 1.29 is 19.6 Å². The number of nitrogens with one attached hydrogen (secondary N) is 1. The molecule has 8 heteroatoms. The normalized spacial score (nSPS) is 10.6. The maximum absolute atomic E-state index is 11.8. The smallest absolute Gasteiger partial charge is 0.277 e. The summed E-state index contributed by atoms with van der Waals surface area (Å²) in [5.41, 5.74) is 3.48. The Kier molecular flexibility index (Phi) is 5.67. The monoisotopic (exact) mass is 342 g/mol. The van der Waals surface area contributed by atoms with Gasteiger partial charge in [-0.25, -0.2) is 5.43 Å². The van der Waals surface area contributed by atoms with Crippen LogP contribution in [0.15, 0.2) is 41.5 Å². The minimum absolute atomic E-state index is 0.00478. The molecule has 2 aromatic rings. The molecule has 0 fully saturated rings. The van der Waals surface area contributed by atoms with Crippen LogP contribution in [0.4, 0.5) is 5.69 Å². The van der Waals surface area contributed by atoms with Gasteiger partial charge >= 0.3 is 0 Å². The molecule has 1 N–H and O–H groups in total. The number of nitrogens with zero attached hydrogens (tertiary/aromatic N) is 2. The third kappa shape index (κ3) is 4.54. The Morgan fingerprint density at radius 3 is 2.52 bits per heavy atom. The highest BCUT2D eigenvalue weighted by atomic mass is 16.6. The number of hydrogen-bond donors (Lipinski definition) is 1. The fraction of sp³-hybridized carbons (Fsp3) is 0.176. The van der Waals surface area contributed by atoms with E-state index in [1.807, 2.05) is 32.0 Å². The summed E-state index contributed by atoms with van der Waals surface area (Å²) in [7, 11) is 0. The fourth-order valence-corrected chi connectivity index (χ4v) is 2.16. The van der Waals surface area contributed by atoms with Gasteiger partial charge in [0.25, 0.3) is 11.6 Å². The van der Waals surface area contributed by atoms with Gasteiger partial charge < -0.3 is 9.84 Å². The van der Waals surface area contributed by atoms with E-state index in [2.05, 4.69) is 10.5 Å². The van der Waals surface area contributed by atoms with Crippen LogP contribution >= 0.6 is 0 Å². The molecule has 0 aliphatic carbocycles. The second kappa shape index (κ2) is 7.91. The first kappa shape index (κ1) is 17.9. The number of carbonyl (C=O) groups excluding carboxylic acids is 1. The van der Waals surface area contributed by atoms with Gasteiger partial charge in [-0.2, -0.15) is 5.10 Å². The zero-order valence-corrected chi connectivity index (χ0v) is 13.7. The summed E-state index contributed by atoms with van der Waals surface area (Å²) >= 11 is 0. The molecule has 0 saturated carbocycles. The van der Waals surface area contributed by atoms with Crippen LogP contribution in [0.5, 0.6) is 11.5 Å². The van der Waals surface area contributed by atoms with Crippen molar-refractivity contribution in [2.24, 2.45) is 5.10 Å². The predicted octanol–water partition coefficient (Wildman–Crippen LogP) is 1.81. The van der Waals surface area contributed by atoms with Gasteiger partial charge in [-0.1, -0.05) is 30.3 Å². The first-order chi connectivity index (χ1) is 11.9. The second-order valence-corrected chi connectivity index (χ2v) is 5.26. The molecule has 2 rings (SSSR count). The van der Waals surface area contributed by atoms with Crippen molar-refractivity contribution in [3.8, 4) is 11.5 Å². The summed E-state index contributed by atoms with van der Waals surface area (Å²) in [5, 5.41) is 26.1. The van der Waals surface area contributed by atoms with Crippen LogP contribution in [-0.2, 0) is 4.79 Å². The van der Waals surface area contributed by atoms with Crippen molar-refractivity contribution >= 4 is 17.8 Å². The highest BCUT2D eigenvalue weighted by Crippen LogP contribution is 2.25. The SMILES string of the molecule is Cc1cccc(C)c1OCC(=O)N/N=C\c1cccc([N+](=O)[O-])c1[O-]. The molecular weight excluding hydrogens is 326 g/mol. The maximum atomic E-state index is 11.8. The van der Waals surface area contributed by atoms with Crippen molar-refractivity contribution in [1.82, 2.24) is 5.43 Å². The number of para-hydroxylation sites is 2. The Morgan fingerprint density at radius 1 is 1.24 bits per heavy atom. The number of nitro groups is 1. The van der Waals surface area contributed by atoms with Crippen molar-refractivity contribution in [3.05, 3.63) is 63.2 Å². The number of ether oxygens (including phenoxy) is 1. The van der Waals surface area contributed by atoms with Crippen molar-refractivity contribution in [2.45, 2.75) is 13.8 Å². The second-order valence-electron chi connectivity index (χ2n) is 5.26. The number of aryl methyl sites for hydroxylation is 2. The Labute approximate surface area is 143 Å². The molecule has 1 amide bonds. The number of hydrazone groups is 1. The van der Waals surface area contributed by atoms with Crippen molar-refractivity contribution in [2.75, 3.05) is 6.61 Å². The quantitative estimate of drug-likeness (QED) is 0.488. The molecule has 0 aromatic heterocycles. The van der Waals surface area contributed by atoms with Gasteiger partial charge in [0.05, 0.1) is 11.1 Å². The minimum Gasteiger partial charge on any atom is -0.867 e. The average molecular weight is 342 g/mol. The van der Waals surface area contributed by atoms with Gasteiger partial charge in [-0.15, -0.1) is 0 Å². The fourth-order valence-electron chi connectivity index (χ4n) is 2.16. The molecule has 0 heterocycles. The average Bonchev–Trinajstić information content (AvgIpc) is 2.55. The highest BCUT2D eigenvalue weighted by molar-refractivity contribution is 5.86. The number of nitro benzene ring substituents is 1. The zero-order chi connectivity index (χ0) is 18.4. The van der Waals surface area contributed by atoms with E-state index in [1.54, 1.807) is 0 Å². The number of benzene rings is 2. The van der Waals surface area contributed by atoms with Gasteiger partial charge in [-0.05, 0) is 36.3 Å². The lowest BCUT2D eigenvalue weighted by Crippen LogP contribution is -2.25. The molecule has 8 nitrogen and oxygen atoms in total. The van der Waals surface area contributed by atoms with Gasteiger partial charge in [0, 0.05) is 6.07 Å². The summed E-state index contributed by atoms with van der Waals surface area (Å²) in [6.07, 6.45) is 1.06. The molecule has 25 heavy (non-hydrogen) atoms. The van der Waals surface area contributed by atoms with E-state index < -0.39 is 22.3 Å². The summed E-state index contributed by atoms with van der Waals surface area (Å²) in [6.45, 7) is 3.50. The first-order valence-corrected chi connectivity index (χ1v) is 7.35. The number of carbonyl (C=O) groups is 1. The standard InChI is InChI=1S/C17H17N3O5/c1-11-5-3-6-12(2)17(11)25-10-15(21)19-18-9-13-7-4-8-14(16(13)22)20(23)24/h3-9,22H,10H2,1-2H3,(H,19,21)/p-1/b18-9-. The Bertz CT molecular complexity index is 813. The van der Waals surface area contributed by atoms with E-state index >= 15 is 0 Å². The van der Waals surface area contributed by atoms with Gasteiger partial charge in [-0.3, -0.25) is 14.9 Å². The molecule has 0 unspecified atom stereocenters. The number of hydrogen-bond acceptors (Lipinski definition) is 6. The van der Waals surface area contributed by atoms with E-state index in [0.29, 0.717) is 5.75 Å². The lowest BCUT2D eigenvalue weighted by molar-refractivity contribution is -0.398. The van der Waals surface area contributed by atoms with Crippen molar-refractivity contribution in [3.63, 3.8) is 0 Å². The van der Waals surface area contributed by atoms with Gasteiger partial charge in [0.15, 0.2) is 6.61 Å². The lowest BCUT2D eigenvalue weighted by Gasteiger charge is -2.11. The molecule has 0 aliphatic rings. The molecule has 0 atom stereocenters. The molecular formula is C17H16N3O5-. The number of rotatable bonds is 6. The topological polar surface area (TPSA) is 117 Å². The van der Waals surface area contributed by atoms with E-state index in [4.69, 9.17) is 4.74 Å². The summed E-state index contributed by atoms with van der Waals surface area (Å²) < 4.78 is 5.47. The van der Waals surface area contributed by atoms with Gasteiger partial charge in [0.1, 0.15) is 5.75 Å². The van der Waals surface area contributed by atoms with Crippen LogP contribution in [0, 0.1) is 24.0 Å². The van der Waals surface area contributed by atoms with Crippen LogP contribution in [-0.4, -0.2) is 23.7 Å². The van der Waals surface area contributed by atoms with E-state index in [1.165, 1.54) is 12.1 Å². The van der Waals surface area contributed by atoms with Crippen LogP contribution < -0.4 is 15.3 Å². The Balaban J connectivity index is 1.95. The number of amides is 1. The molecule has 0 saturated heterocycles. The third-order valence-electron chi connectivity index (χ3n) is 3.37. The van der Waals surface area contributed by atoms with Crippen molar-refractivity contribution in [1.29, 1.82) is 0 Å². The molecule has 0 radical (unpaired) electrons. The summed E-state index contributed by atoms with van der Waals surface area (Å²) in [5.74, 6) is -0.656. The van der Waals surface area contributed by atoms with E-state index in [-0.39, 0.29) is 12.2 Å². The highest BCUT2D eigenvalue weighted by Gasteiger charge is 2.09. The zero-order valence-electron chi connectivity index (χ0n) is 13.7. The van der Waals surface area contributed by atoms with Crippen LogP contribution in [0.1, 0.15) is 16.7 Å². The lowest BCUT2D eigenvalue weighted by atomic mass is 10.1. The predicted molar refractivity (Wildman–Crippen MR) is 89.7 cm³/mol. The molecule has 0 bridgehead atoms. The Morgan fingerprint density at radius 2 is 1.88 bits per heavy atom. The minimum atomic E-state index is -0.767. The molecule has 0 aliphatic heterocycles. The van der Waals surface area contributed by atoms with Crippen LogP contribution in [0.3, 0.4) is 0 Å². The third-order valence-corrected chi connectivity index (χ3v) is 3.37. The first-order valence-electron chi connectivity index (χ1n) is 7.35. The van der Waals surface area contributed by atoms with Crippen LogP contribution in [0.2, 0.25) is 0 Å². The molecule has 130 valence electrons.